The fourth-order valence-corrected chi connectivity index (χ4v) is 3.83. The van der Waals surface area contributed by atoms with E-state index in [1.54, 1.807) is 0 Å². The van der Waals surface area contributed by atoms with Crippen molar-refractivity contribution in [3.8, 4) is 16.9 Å². The van der Waals surface area contributed by atoms with Crippen LogP contribution in [-0.2, 0) is 17.6 Å². The van der Waals surface area contributed by atoms with E-state index in [9.17, 15) is 0 Å². The zero-order valence-corrected chi connectivity index (χ0v) is 16.8. The molecule has 1 fully saturated rings. The summed E-state index contributed by atoms with van der Waals surface area (Å²) in [7, 11) is 0. The van der Waals surface area contributed by atoms with Gasteiger partial charge in [-0.3, -0.25) is 9.97 Å². The normalized spacial score (nSPS) is 15.1. The van der Waals surface area contributed by atoms with Crippen molar-refractivity contribution < 1.29 is 4.74 Å². The summed E-state index contributed by atoms with van der Waals surface area (Å²) in [4.78, 5) is 9.29. The zero-order chi connectivity index (χ0) is 19.3. The SMILES string of the molecule is CCCc1cc(-n2cc(-c3ccc(CC4CCOCC4)c(C)n3)cn2)ccn1. The van der Waals surface area contributed by atoms with Crippen molar-refractivity contribution in [2.45, 2.75) is 46.0 Å². The average Bonchev–Trinajstić information content (AvgIpc) is 3.21. The second-order valence-electron chi connectivity index (χ2n) is 7.63. The lowest BCUT2D eigenvalue weighted by molar-refractivity contribution is 0.0665. The lowest BCUT2D eigenvalue weighted by atomic mass is 9.91. The van der Waals surface area contributed by atoms with Crippen LogP contribution in [-0.4, -0.2) is 33.0 Å². The van der Waals surface area contributed by atoms with E-state index in [0.29, 0.717) is 5.92 Å². The molecule has 0 unspecified atom stereocenters. The summed E-state index contributed by atoms with van der Waals surface area (Å²) >= 11 is 0. The van der Waals surface area contributed by atoms with Gasteiger partial charge in [0.25, 0.3) is 0 Å². The molecule has 0 spiro atoms. The van der Waals surface area contributed by atoms with E-state index in [1.165, 1.54) is 5.56 Å². The summed E-state index contributed by atoms with van der Waals surface area (Å²) in [6.45, 7) is 6.06. The Labute approximate surface area is 166 Å². The Morgan fingerprint density at radius 3 is 2.82 bits per heavy atom. The van der Waals surface area contributed by atoms with Gasteiger partial charge in [-0.2, -0.15) is 5.10 Å². The summed E-state index contributed by atoms with van der Waals surface area (Å²) in [6.07, 6.45) is 11.3. The third-order valence-electron chi connectivity index (χ3n) is 5.49. The van der Waals surface area contributed by atoms with E-state index in [4.69, 9.17) is 9.72 Å². The quantitative estimate of drug-likeness (QED) is 0.633. The molecule has 0 saturated carbocycles. The van der Waals surface area contributed by atoms with Crippen LogP contribution >= 0.6 is 0 Å². The van der Waals surface area contributed by atoms with E-state index in [2.05, 4.69) is 42.1 Å². The van der Waals surface area contributed by atoms with E-state index in [0.717, 1.165) is 73.7 Å². The Kier molecular flexibility index (Phi) is 5.81. The first-order chi connectivity index (χ1) is 13.7. The standard InChI is InChI=1S/C23H28N4O/c1-3-4-21-14-22(7-10-24-21)27-16-20(15-25-27)23-6-5-19(17(2)26-23)13-18-8-11-28-12-9-18/h5-7,10,14-16,18H,3-4,8-9,11-13H2,1-2H3. The van der Waals surface area contributed by atoms with Crippen molar-refractivity contribution in [1.82, 2.24) is 19.7 Å². The first kappa shape index (κ1) is 18.8. The van der Waals surface area contributed by atoms with Gasteiger partial charge in [0, 0.05) is 42.6 Å². The van der Waals surface area contributed by atoms with Crippen LogP contribution in [0, 0.1) is 12.8 Å². The highest BCUT2D eigenvalue weighted by Gasteiger charge is 2.16. The molecule has 28 heavy (non-hydrogen) atoms. The molecule has 5 heteroatoms. The molecule has 4 rings (SSSR count). The van der Waals surface area contributed by atoms with Crippen LogP contribution in [0.25, 0.3) is 16.9 Å². The smallest absolute Gasteiger partial charge is 0.0737 e. The highest BCUT2D eigenvalue weighted by molar-refractivity contribution is 5.58. The Bertz CT molecular complexity index is 928. The van der Waals surface area contributed by atoms with E-state index in [-0.39, 0.29) is 0 Å². The van der Waals surface area contributed by atoms with Gasteiger partial charge in [0.05, 0.1) is 17.6 Å². The molecule has 0 aliphatic carbocycles. The lowest BCUT2D eigenvalue weighted by Gasteiger charge is -2.22. The minimum absolute atomic E-state index is 0.715. The lowest BCUT2D eigenvalue weighted by Crippen LogP contribution is -2.18. The topological polar surface area (TPSA) is 52.8 Å². The van der Waals surface area contributed by atoms with Crippen LogP contribution in [0.5, 0.6) is 0 Å². The minimum Gasteiger partial charge on any atom is -0.381 e. The molecule has 3 aromatic heterocycles. The summed E-state index contributed by atoms with van der Waals surface area (Å²) in [5, 5.41) is 4.54. The summed E-state index contributed by atoms with van der Waals surface area (Å²) < 4.78 is 7.38. The minimum atomic E-state index is 0.715. The Balaban J connectivity index is 1.52. The monoisotopic (exact) mass is 376 g/mol. The number of pyridine rings is 2. The maximum Gasteiger partial charge on any atom is 0.0737 e. The Morgan fingerprint density at radius 1 is 1.18 bits per heavy atom. The van der Waals surface area contributed by atoms with Crippen molar-refractivity contribution in [3.05, 3.63) is 59.8 Å². The van der Waals surface area contributed by atoms with Gasteiger partial charge in [0.1, 0.15) is 0 Å². The number of rotatable bonds is 6. The summed E-state index contributed by atoms with van der Waals surface area (Å²) in [5.74, 6) is 0.715. The zero-order valence-electron chi connectivity index (χ0n) is 16.8. The van der Waals surface area contributed by atoms with Gasteiger partial charge in [-0.05, 0) is 62.3 Å². The average molecular weight is 377 g/mol. The number of aromatic nitrogens is 4. The van der Waals surface area contributed by atoms with Gasteiger partial charge >= 0.3 is 0 Å². The number of aryl methyl sites for hydroxylation is 2. The first-order valence-electron chi connectivity index (χ1n) is 10.3. The van der Waals surface area contributed by atoms with Crippen LogP contribution in [0.4, 0.5) is 0 Å². The van der Waals surface area contributed by atoms with Gasteiger partial charge in [0.15, 0.2) is 0 Å². The van der Waals surface area contributed by atoms with Crippen LogP contribution in [0.2, 0.25) is 0 Å². The molecule has 146 valence electrons. The second-order valence-corrected chi connectivity index (χ2v) is 7.63. The van der Waals surface area contributed by atoms with E-state index < -0.39 is 0 Å². The van der Waals surface area contributed by atoms with Crippen molar-refractivity contribution in [1.29, 1.82) is 0 Å². The Hall–Kier alpha value is -2.53. The van der Waals surface area contributed by atoms with Crippen molar-refractivity contribution in [2.75, 3.05) is 13.2 Å². The number of hydrogen-bond donors (Lipinski definition) is 0. The van der Waals surface area contributed by atoms with E-state index >= 15 is 0 Å². The Morgan fingerprint density at radius 2 is 2.04 bits per heavy atom. The number of hydrogen-bond acceptors (Lipinski definition) is 4. The molecular formula is C23H28N4O. The predicted molar refractivity (Wildman–Crippen MR) is 111 cm³/mol. The number of ether oxygens (including phenoxy) is 1. The molecule has 0 bridgehead atoms. The predicted octanol–water partition coefficient (Wildman–Crippen LogP) is 4.56. The maximum atomic E-state index is 5.48. The molecule has 0 amide bonds. The fraction of sp³-hybridized carbons (Fsp3) is 0.435. The molecule has 0 aromatic carbocycles. The number of nitrogens with zero attached hydrogens (tertiary/aromatic N) is 4. The van der Waals surface area contributed by atoms with Crippen LogP contribution in [0.1, 0.15) is 43.1 Å². The molecule has 1 saturated heterocycles. The highest BCUT2D eigenvalue weighted by Crippen LogP contribution is 2.24. The van der Waals surface area contributed by atoms with Crippen molar-refractivity contribution in [2.24, 2.45) is 5.92 Å². The highest BCUT2D eigenvalue weighted by atomic mass is 16.5. The molecule has 0 N–H and O–H groups in total. The second kappa shape index (κ2) is 8.65. The maximum absolute atomic E-state index is 5.48. The molecule has 5 nitrogen and oxygen atoms in total. The third kappa shape index (κ3) is 4.30. The molecule has 1 aliphatic rings. The van der Waals surface area contributed by atoms with Gasteiger partial charge in [-0.25, -0.2) is 4.68 Å². The van der Waals surface area contributed by atoms with Crippen LogP contribution < -0.4 is 0 Å². The van der Waals surface area contributed by atoms with Crippen molar-refractivity contribution >= 4 is 0 Å². The molecule has 0 radical (unpaired) electrons. The third-order valence-corrected chi connectivity index (χ3v) is 5.49. The van der Waals surface area contributed by atoms with Gasteiger partial charge < -0.3 is 4.74 Å². The fourth-order valence-electron chi connectivity index (χ4n) is 3.83. The summed E-state index contributed by atoms with van der Waals surface area (Å²) in [6, 6.07) is 8.45. The van der Waals surface area contributed by atoms with Gasteiger partial charge in [0.2, 0.25) is 0 Å². The molecule has 3 aromatic rings. The van der Waals surface area contributed by atoms with E-state index in [1.807, 2.05) is 29.3 Å². The van der Waals surface area contributed by atoms with Gasteiger partial charge in [-0.1, -0.05) is 19.4 Å². The molecule has 0 atom stereocenters. The molecular weight excluding hydrogens is 348 g/mol. The van der Waals surface area contributed by atoms with Crippen molar-refractivity contribution in [3.63, 3.8) is 0 Å². The van der Waals surface area contributed by atoms with Gasteiger partial charge in [-0.15, -0.1) is 0 Å². The largest absolute Gasteiger partial charge is 0.381 e. The van der Waals surface area contributed by atoms with Crippen LogP contribution in [0.3, 0.4) is 0 Å². The molecule has 4 heterocycles. The first-order valence-corrected chi connectivity index (χ1v) is 10.3. The molecule has 1 aliphatic heterocycles. The summed E-state index contributed by atoms with van der Waals surface area (Å²) in [5.41, 5.74) is 6.62. The van der Waals surface area contributed by atoms with Crippen LogP contribution in [0.15, 0.2) is 42.9 Å².